The van der Waals surface area contributed by atoms with E-state index in [4.69, 9.17) is 5.84 Å². The molecule has 0 aromatic carbocycles. The third-order valence-electron chi connectivity index (χ3n) is 3.60. The summed E-state index contributed by atoms with van der Waals surface area (Å²) in [7, 11) is 4.11. The molecule has 1 fully saturated rings. The molecule has 5 nitrogen and oxygen atoms in total. The van der Waals surface area contributed by atoms with E-state index in [9.17, 15) is 4.39 Å². The number of hydrogen-bond acceptors (Lipinski definition) is 5. The molecule has 1 aromatic heterocycles. The van der Waals surface area contributed by atoms with E-state index < -0.39 is 0 Å². The molecule has 3 N–H and O–H groups in total. The number of pyridine rings is 1. The lowest BCUT2D eigenvalue weighted by molar-refractivity contribution is 0.0866. The summed E-state index contributed by atoms with van der Waals surface area (Å²) in [5.74, 6) is 5.31. The van der Waals surface area contributed by atoms with E-state index in [0.29, 0.717) is 5.56 Å². The van der Waals surface area contributed by atoms with Gasteiger partial charge in [-0.3, -0.25) is 21.2 Å². The first-order chi connectivity index (χ1) is 8.63. The van der Waals surface area contributed by atoms with Gasteiger partial charge in [0.15, 0.2) is 0 Å². The maximum absolute atomic E-state index is 13.8. The summed E-state index contributed by atoms with van der Waals surface area (Å²) in [4.78, 5) is 8.22. The minimum absolute atomic E-state index is 0.144. The van der Waals surface area contributed by atoms with Crippen molar-refractivity contribution in [1.29, 1.82) is 0 Å². The second kappa shape index (κ2) is 5.71. The van der Waals surface area contributed by atoms with E-state index in [0.717, 1.165) is 19.6 Å². The smallest absolute Gasteiger partial charge is 0.146 e. The lowest BCUT2D eigenvalue weighted by Crippen LogP contribution is -2.56. The fourth-order valence-electron chi connectivity index (χ4n) is 2.45. The molecule has 0 spiro atoms. The van der Waals surface area contributed by atoms with Crippen molar-refractivity contribution in [2.45, 2.75) is 12.1 Å². The van der Waals surface area contributed by atoms with Crippen LogP contribution in [0.5, 0.6) is 0 Å². The molecular weight excluding hydrogens is 233 g/mol. The Hall–Kier alpha value is -1.08. The predicted molar refractivity (Wildman–Crippen MR) is 68.2 cm³/mol. The quantitative estimate of drug-likeness (QED) is 0.585. The van der Waals surface area contributed by atoms with Gasteiger partial charge in [0.05, 0.1) is 12.2 Å². The molecule has 0 amide bonds. The van der Waals surface area contributed by atoms with Gasteiger partial charge in [0, 0.05) is 37.4 Å². The van der Waals surface area contributed by atoms with E-state index in [1.807, 2.05) is 7.05 Å². The van der Waals surface area contributed by atoms with Crippen molar-refractivity contribution in [3.05, 3.63) is 29.8 Å². The Morgan fingerprint density at radius 2 is 2.28 bits per heavy atom. The third kappa shape index (κ3) is 2.67. The van der Waals surface area contributed by atoms with E-state index in [2.05, 4.69) is 27.3 Å². The largest absolute Gasteiger partial charge is 0.303 e. The van der Waals surface area contributed by atoms with Crippen LogP contribution in [0.2, 0.25) is 0 Å². The van der Waals surface area contributed by atoms with Gasteiger partial charge in [-0.15, -0.1) is 0 Å². The van der Waals surface area contributed by atoms with E-state index in [1.165, 1.54) is 6.20 Å². The number of nitrogens with zero attached hydrogens (tertiary/aromatic N) is 3. The minimum Gasteiger partial charge on any atom is -0.303 e. The zero-order chi connectivity index (χ0) is 13.1. The van der Waals surface area contributed by atoms with E-state index >= 15 is 0 Å². The first-order valence-electron chi connectivity index (χ1n) is 6.07. The second-order valence-corrected chi connectivity index (χ2v) is 4.85. The second-order valence-electron chi connectivity index (χ2n) is 4.85. The Bertz CT molecular complexity index is 400. The molecule has 0 saturated carbocycles. The Kier molecular flexibility index (Phi) is 4.23. The Morgan fingerprint density at radius 3 is 2.94 bits per heavy atom. The molecule has 2 unspecified atom stereocenters. The van der Waals surface area contributed by atoms with Crippen LogP contribution in [-0.4, -0.2) is 54.6 Å². The Balaban J connectivity index is 2.25. The molecule has 2 atom stereocenters. The highest BCUT2D eigenvalue weighted by Gasteiger charge is 2.31. The number of hydrogen-bond donors (Lipinski definition) is 2. The highest BCUT2D eigenvalue weighted by molar-refractivity contribution is 5.20. The molecule has 1 aliphatic rings. The van der Waals surface area contributed by atoms with Crippen molar-refractivity contribution < 1.29 is 4.39 Å². The van der Waals surface area contributed by atoms with Crippen molar-refractivity contribution in [3.8, 4) is 0 Å². The maximum Gasteiger partial charge on any atom is 0.146 e. The van der Waals surface area contributed by atoms with Crippen molar-refractivity contribution in [1.82, 2.24) is 20.2 Å². The number of hydrazine groups is 1. The van der Waals surface area contributed by atoms with Crippen LogP contribution in [0.25, 0.3) is 0 Å². The molecule has 2 rings (SSSR count). The molecule has 0 radical (unpaired) electrons. The molecule has 1 aliphatic heterocycles. The first kappa shape index (κ1) is 13.4. The van der Waals surface area contributed by atoms with Crippen LogP contribution in [0.3, 0.4) is 0 Å². The molecule has 2 heterocycles. The summed E-state index contributed by atoms with van der Waals surface area (Å²) in [5, 5.41) is 0. The number of piperazine rings is 1. The number of halogens is 1. The van der Waals surface area contributed by atoms with Crippen molar-refractivity contribution >= 4 is 0 Å². The summed E-state index contributed by atoms with van der Waals surface area (Å²) < 4.78 is 13.8. The SMILES string of the molecule is CN1CCN(C)C(C(NN)c2ccncc2F)C1. The summed E-state index contributed by atoms with van der Waals surface area (Å²) in [6.45, 7) is 2.82. The number of aromatic nitrogens is 1. The Labute approximate surface area is 107 Å². The average Bonchev–Trinajstić information content (AvgIpc) is 2.36. The minimum atomic E-state index is -0.318. The van der Waals surface area contributed by atoms with Crippen LogP contribution >= 0.6 is 0 Å². The van der Waals surface area contributed by atoms with Gasteiger partial charge in [-0.25, -0.2) is 4.39 Å². The highest BCUT2D eigenvalue weighted by Crippen LogP contribution is 2.24. The van der Waals surface area contributed by atoms with Crippen LogP contribution in [0.4, 0.5) is 4.39 Å². The lowest BCUT2D eigenvalue weighted by Gasteiger charge is -2.41. The monoisotopic (exact) mass is 253 g/mol. The topological polar surface area (TPSA) is 57.4 Å². The van der Waals surface area contributed by atoms with Crippen molar-refractivity contribution in [2.75, 3.05) is 33.7 Å². The zero-order valence-electron chi connectivity index (χ0n) is 10.8. The van der Waals surface area contributed by atoms with E-state index in [1.54, 1.807) is 12.3 Å². The van der Waals surface area contributed by atoms with Crippen molar-refractivity contribution in [2.24, 2.45) is 5.84 Å². The summed E-state index contributed by atoms with van der Waals surface area (Å²) in [6, 6.07) is 1.59. The van der Waals surface area contributed by atoms with Crippen LogP contribution in [0, 0.1) is 5.82 Å². The molecule has 18 heavy (non-hydrogen) atoms. The van der Waals surface area contributed by atoms with Gasteiger partial charge >= 0.3 is 0 Å². The highest BCUT2D eigenvalue weighted by atomic mass is 19.1. The fourth-order valence-corrected chi connectivity index (χ4v) is 2.45. The number of rotatable bonds is 3. The van der Waals surface area contributed by atoms with Gasteiger partial charge in [-0.05, 0) is 20.2 Å². The maximum atomic E-state index is 13.8. The molecular formula is C12H20FN5. The van der Waals surface area contributed by atoms with Crippen LogP contribution in [-0.2, 0) is 0 Å². The molecule has 6 heteroatoms. The van der Waals surface area contributed by atoms with Gasteiger partial charge in [0.25, 0.3) is 0 Å². The lowest BCUT2D eigenvalue weighted by atomic mass is 9.97. The molecule has 0 aliphatic carbocycles. The van der Waals surface area contributed by atoms with Gasteiger partial charge < -0.3 is 4.90 Å². The number of nitrogens with one attached hydrogen (secondary N) is 1. The number of likely N-dealkylation sites (N-methyl/N-ethyl adjacent to an activating group) is 2. The average molecular weight is 253 g/mol. The summed E-state index contributed by atoms with van der Waals surface area (Å²) in [6.07, 6.45) is 2.82. The zero-order valence-corrected chi connectivity index (χ0v) is 10.8. The van der Waals surface area contributed by atoms with Crippen LogP contribution < -0.4 is 11.3 Å². The van der Waals surface area contributed by atoms with Gasteiger partial charge in [-0.1, -0.05) is 0 Å². The summed E-state index contributed by atoms with van der Waals surface area (Å²) in [5.41, 5.74) is 3.31. The molecule has 100 valence electrons. The van der Waals surface area contributed by atoms with Crippen LogP contribution in [0.15, 0.2) is 18.5 Å². The van der Waals surface area contributed by atoms with Crippen LogP contribution in [0.1, 0.15) is 11.6 Å². The first-order valence-corrected chi connectivity index (χ1v) is 6.07. The molecule has 0 bridgehead atoms. The summed E-state index contributed by atoms with van der Waals surface area (Å²) >= 11 is 0. The Morgan fingerprint density at radius 1 is 1.50 bits per heavy atom. The van der Waals surface area contributed by atoms with Gasteiger partial charge in [-0.2, -0.15) is 0 Å². The normalized spacial score (nSPS) is 24.1. The standard InChI is InChI=1S/C12H20FN5/c1-17-5-6-18(2)11(8-17)12(16-14)9-3-4-15-7-10(9)13/h3-4,7,11-12,16H,5-6,8,14H2,1-2H3. The van der Waals surface area contributed by atoms with Gasteiger partial charge in [0.2, 0.25) is 0 Å². The van der Waals surface area contributed by atoms with Gasteiger partial charge in [0.1, 0.15) is 5.82 Å². The molecule has 1 saturated heterocycles. The third-order valence-corrected chi connectivity index (χ3v) is 3.60. The van der Waals surface area contributed by atoms with Crippen molar-refractivity contribution in [3.63, 3.8) is 0 Å². The molecule has 1 aromatic rings. The fraction of sp³-hybridized carbons (Fsp3) is 0.583. The predicted octanol–water partition coefficient (Wildman–Crippen LogP) is -0.0291. The number of nitrogens with two attached hydrogens (primary N) is 1. The van der Waals surface area contributed by atoms with E-state index in [-0.39, 0.29) is 17.9 Å².